The van der Waals surface area contributed by atoms with Crippen LogP contribution in [-0.2, 0) is 21.5 Å². The van der Waals surface area contributed by atoms with Gasteiger partial charge in [0.05, 0.1) is 6.04 Å². The van der Waals surface area contributed by atoms with Crippen molar-refractivity contribution in [2.24, 2.45) is 16.8 Å². The van der Waals surface area contributed by atoms with Crippen LogP contribution in [0.4, 0.5) is 0 Å². The van der Waals surface area contributed by atoms with E-state index >= 15 is 0 Å². The largest absolute Gasteiger partial charge is 0.320 e. The lowest BCUT2D eigenvalue weighted by Gasteiger charge is -2.24. The highest BCUT2D eigenvalue weighted by Gasteiger charge is 2.21. The SMILES string of the molecule is C=CCc1cccc([SH](N)(=O)NC(=O)[C@@H](N)CC(C)C)c1. The van der Waals surface area contributed by atoms with Gasteiger partial charge < -0.3 is 5.73 Å². The van der Waals surface area contributed by atoms with E-state index < -0.39 is 22.3 Å². The van der Waals surface area contributed by atoms with Gasteiger partial charge in [0.1, 0.15) is 0 Å². The second-order valence-electron chi connectivity index (χ2n) is 5.53. The molecular weight excluding hydrogens is 286 g/mol. The Labute approximate surface area is 127 Å². The van der Waals surface area contributed by atoms with Gasteiger partial charge in [0, 0.05) is 15.2 Å². The van der Waals surface area contributed by atoms with Crippen LogP contribution in [0, 0.1) is 5.92 Å². The van der Waals surface area contributed by atoms with Crippen LogP contribution in [0.1, 0.15) is 25.8 Å². The van der Waals surface area contributed by atoms with Gasteiger partial charge in [-0.05, 0) is 36.5 Å². The lowest BCUT2D eigenvalue weighted by atomic mass is 10.0. The highest BCUT2D eigenvalue weighted by Crippen LogP contribution is 2.14. The predicted octanol–water partition coefficient (Wildman–Crippen LogP) is 1.07. The Hall–Kier alpha value is -1.50. The Morgan fingerprint density at radius 3 is 2.71 bits per heavy atom. The predicted molar refractivity (Wildman–Crippen MR) is 87.9 cm³/mol. The van der Waals surface area contributed by atoms with Gasteiger partial charge in [-0.3, -0.25) is 14.7 Å². The fourth-order valence-electron chi connectivity index (χ4n) is 1.98. The van der Waals surface area contributed by atoms with Crippen molar-refractivity contribution in [2.75, 3.05) is 0 Å². The standard InChI is InChI=1S/C15H25N3O2S/c1-4-6-12-7-5-8-13(10-12)21(17,20)18-15(19)14(16)9-11(2)3/h4-5,7-8,10-11,14,21H,1,6,9,16H2,2-3H3,(H3,17,18,19,20)/t14-/m0/s1. The first kappa shape index (κ1) is 17.6. The number of hydrogen-bond acceptors (Lipinski definition) is 3. The average molecular weight is 311 g/mol. The van der Waals surface area contributed by atoms with Crippen molar-refractivity contribution in [1.29, 1.82) is 0 Å². The van der Waals surface area contributed by atoms with Gasteiger partial charge >= 0.3 is 0 Å². The maximum atomic E-state index is 12.5. The van der Waals surface area contributed by atoms with Crippen LogP contribution in [0.5, 0.6) is 0 Å². The number of benzene rings is 1. The normalized spacial score (nSPS) is 13.8. The van der Waals surface area contributed by atoms with Gasteiger partial charge in [0.25, 0.3) is 0 Å². The smallest absolute Gasteiger partial charge is 0.248 e. The molecule has 5 nitrogen and oxygen atoms in total. The van der Waals surface area contributed by atoms with E-state index in [1.165, 1.54) is 0 Å². The summed E-state index contributed by atoms with van der Waals surface area (Å²) in [6.07, 6.45) is 2.91. The third kappa shape index (κ3) is 5.41. The number of nitrogens with two attached hydrogens (primary N) is 2. The summed E-state index contributed by atoms with van der Waals surface area (Å²) in [5.41, 5.74) is 6.72. The van der Waals surface area contributed by atoms with E-state index in [9.17, 15) is 9.00 Å². The van der Waals surface area contributed by atoms with E-state index in [2.05, 4.69) is 11.3 Å². The summed E-state index contributed by atoms with van der Waals surface area (Å²) in [5.74, 6) is -0.206. The molecule has 6 heteroatoms. The molecule has 1 atom stereocenters. The molecule has 0 spiro atoms. The van der Waals surface area contributed by atoms with Gasteiger partial charge in [0.2, 0.25) is 5.91 Å². The molecule has 0 aliphatic rings. The third-order valence-corrected chi connectivity index (χ3v) is 4.61. The van der Waals surface area contributed by atoms with Crippen LogP contribution < -0.4 is 15.6 Å². The van der Waals surface area contributed by atoms with Crippen molar-refractivity contribution >= 4 is 16.2 Å². The lowest BCUT2D eigenvalue weighted by Crippen LogP contribution is -2.50. The Morgan fingerprint density at radius 2 is 2.14 bits per heavy atom. The van der Waals surface area contributed by atoms with E-state index in [1.807, 2.05) is 19.9 Å². The summed E-state index contributed by atoms with van der Waals surface area (Å²) in [4.78, 5) is 12.4. The van der Waals surface area contributed by atoms with Crippen LogP contribution in [0.25, 0.3) is 0 Å². The molecule has 0 bridgehead atoms. The number of thiol groups is 1. The Bertz CT molecular complexity index is 558. The first-order valence-electron chi connectivity index (χ1n) is 6.93. The molecule has 0 aromatic heterocycles. The molecule has 118 valence electrons. The van der Waals surface area contributed by atoms with Crippen LogP contribution in [0.15, 0.2) is 41.8 Å². The van der Waals surface area contributed by atoms with Gasteiger partial charge in [-0.15, -0.1) is 6.58 Å². The summed E-state index contributed by atoms with van der Waals surface area (Å²) >= 11 is 0. The number of rotatable bonds is 7. The molecule has 1 amide bonds. The van der Waals surface area contributed by atoms with Gasteiger partial charge in [-0.1, -0.05) is 32.1 Å². The average Bonchev–Trinajstić information content (AvgIpc) is 2.38. The number of allylic oxidation sites excluding steroid dienone is 1. The summed E-state index contributed by atoms with van der Waals surface area (Å²) in [7, 11) is -3.46. The highest BCUT2D eigenvalue weighted by molar-refractivity contribution is 7.99. The molecular formula is C15H25N3O2S. The molecule has 1 aromatic carbocycles. The van der Waals surface area contributed by atoms with E-state index in [-0.39, 0.29) is 5.92 Å². The second-order valence-corrected chi connectivity index (χ2v) is 7.59. The fraction of sp³-hybridized carbons (Fsp3) is 0.400. The molecule has 1 aromatic rings. The minimum Gasteiger partial charge on any atom is -0.320 e. The topological polar surface area (TPSA) is 98.2 Å². The molecule has 0 radical (unpaired) electrons. The zero-order valence-electron chi connectivity index (χ0n) is 12.6. The van der Waals surface area contributed by atoms with E-state index in [0.29, 0.717) is 17.7 Å². The zero-order valence-corrected chi connectivity index (χ0v) is 13.5. The Kier molecular flexibility index (Phi) is 6.26. The van der Waals surface area contributed by atoms with Crippen molar-refractivity contribution in [3.8, 4) is 0 Å². The summed E-state index contributed by atoms with van der Waals surface area (Å²) in [6.45, 7) is 7.59. The van der Waals surface area contributed by atoms with E-state index in [1.54, 1.807) is 24.3 Å². The maximum Gasteiger partial charge on any atom is 0.248 e. The highest BCUT2D eigenvalue weighted by atomic mass is 32.3. The molecule has 0 aliphatic heterocycles. The molecule has 0 saturated carbocycles. The molecule has 5 N–H and O–H groups in total. The third-order valence-electron chi connectivity index (χ3n) is 3.01. The molecule has 0 saturated heterocycles. The lowest BCUT2D eigenvalue weighted by molar-refractivity contribution is -0.120. The number of hydrogen-bond donors (Lipinski definition) is 4. The number of carbonyl (C=O) groups is 1. The van der Waals surface area contributed by atoms with Crippen molar-refractivity contribution in [1.82, 2.24) is 4.72 Å². The van der Waals surface area contributed by atoms with Crippen molar-refractivity contribution in [3.63, 3.8) is 0 Å². The maximum absolute atomic E-state index is 12.5. The van der Waals surface area contributed by atoms with Crippen molar-refractivity contribution in [2.45, 2.75) is 37.6 Å². The van der Waals surface area contributed by atoms with E-state index in [4.69, 9.17) is 10.9 Å². The molecule has 1 rings (SSSR count). The fourth-order valence-corrected chi connectivity index (χ4v) is 3.27. The quantitative estimate of drug-likeness (QED) is 0.448. The van der Waals surface area contributed by atoms with Crippen LogP contribution >= 0.6 is 0 Å². The minimum atomic E-state index is -3.46. The minimum absolute atomic E-state index is 0.277. The summed E-state index contributed by atoms with van der Waals surface area (Å²) in [6, 6.07) is 6.29. The monoisotopic (exact) mass is 311 g/mol. The Morgan fingerprint density at radius 1 is 1.48 bits per heavy atom. The Balaban J connectivity index is 2.85. The van der Waals surface area contributed by atoms with Crippen LogP contribution in [0.3, 0.4) is 0 Å². The van der Waals surface area contributed by atoms with Crippen LogP contribution in [0.2, 0.25) is 0 Å². The van der Waals surface area contributed by atoms with Crippen molar-refractivity contribution in [3.05, 3.63) is 42.5 Å². The second kappa shape index (κ2) is 7.49. The molecule has 0 aliphatic carbocycles. The molecule has 0 heterocycles. The zero-order chi connectivity index (χ0) is 16.0. The summed E-state index contributed by atoms with van der Waals surface area (Å²) < 4.78 is 14.9. The van der Waals surface area contributed by atoms with E-state index in [0.717, 1.165) is 5.56 Å². The molecule has 21 heavy (non-hydrogen) atoms. The first-order chi connectivity index (χ1) is 9.76. The first-order valence-corrected chi connectivity index (χ1v) is 8.70. The van der Waals surface area contributed by atoms with Gasteiger partial charge in [0.15, 0.2) is 0 Å². The number of amides is 1. The van der Waals surface area contributed by atoms with Crippen LogP contribution in [-0.4, -0.2) is 16.2 Å². The van der Waals surface area contributed by atoms with Gasteiger partial charge in [-0.2, -0.15) is 0 Å². The van der Waals surface area contributed by atoms with Gasteiger partial charge in [-0.25, -0.2) is 4.21 Å². The molecule has 0 unspecified atom stereocenters. The summed E-state index contributed by atoms with van der Waals surface area (Å²) in [5, 5.41) is 5.81. The van der Waals surface area contributed by atoms with Crippen molar-refractivity contribution < 1.29 is 9.00 Å². The number of carbonyl (C=O) groups excluding carboxylic acids is 1. The molecule has 0 fully saturated rings. The number of nitrogens with one attached hydrogen (secondary N) is 1.